The molecule has 27 heavy (non-hydrogen) atoms. The summed E-state index contributed by atoms with van der Waals surface area (Å²) in [5.74, 6) is 0.598. The van der Waals surface area contributed by atoms with E-state index in [1.54, 1.807) is 0 Å². The molecule has 0 saturated carbocycles. The number of para-hydroxylation sites is 1. The summed E-state index contributed by atoms with van der Waals surface area (Å²) in [4.78, 5) is 15.4. The Labute approximate surface area is 159 Å². The van der Waals surface area contributed by atoms with Gasteiger partial charge in [-0.15, -0.1) is 0 Å². The molecule has 0 radical (unpaired) electrons. The van der Waals surface area contributed by atoms with Crippen molar-refractivity contribution >= 4 is 16.8 Å². The minimum atomic E-state index is -0.564. The zero-order valence-corrected chi connectivity index (χ0v) is 16.3. The Morgan fingerprint density at radius 1 is 1.41 bits per heavy atom. The number of carbonyl (C=O) groups excluding carboxylic acids is 1. The number of piperazine rings is 1. The molecule has 3 heterocycles. The molecule has 2 aliphatic rings. The van der Waals surface area contributed by atoms with Crippen molar-refractivity contribution in [3.05, 3.63) is 29.5 Å². The predicted molar refractivity (Wildman–Crippen MR) is 105 cm³/mol. The molecule has 7 heteroatoms. The summed E-state index contributed by atoms with van der Waals surface area (Å²) < 4.78 is 5.30. The number of aromatic amines is 1. The van der Waals surface area contributed by atoms with Gasteiger partial charge in [-0.05, 0) is 26.3 Å². The lowest BCUT2D eigenvalue weighted by molar-refractivity contribution is -0.130. The molecule has 0 bridgehead atoms. The average molecular weight is 371 g/mol. The SMILES string of the molecule is Cc1cccc2c(C(C)(C)NC(=O)[C@@H]3CNCCN3CC3COC3)n[nH]c12. The van der Waals surface area contributed by atoms with Gasteiger partial charge in [-0.25, -0.2) is 0 Å². The van der Waals surface area contributed by atoms with E-state index < -0.39 is 5.54 Å². The van der Waals surface area contributed by atoms with Crippen LogP contribution in [-0.4, -0.2) is 66.4 Å². The van der Waals surface area contributed by atoms with Crippen LogP contribution in [0.15, 0.2) is 18.2 Å². The third-order valence-corrected chi connectivity index (χ3v) is 5.69. The maximum atomic E-state index is 13.1. The van der Waals surface area contributed by atoms with E-state index in [9.17, 15) is 4.79 Å². The molecule has 2 saturated heterocycles. The maximum Gasteiger partial charge on any atom is 0.239 e. The second-order valence-corrected chi connectivity index (χ2v) is 8.30. The van der Waals surface area contributed by atoms with Crippen LogP contribution in [0.1, 0.15) is 25.1 Å². The first-order valence-electron chi connectivity index (χ1n) is 9.74. The van der Waals surface area contributed by atoms with Crippen molar-refractivity contribution in [2.45, 2.75) is 32.4 Å². The van der Waals surface area contributed by atoms with Gasteiger partial charge in [0.2, 0.25) is 5.91 Å². The number of nitrogens with zero attached hydrogens (tertiary/aromatic N) is 2. The lowest BCUT2D eigenvalue weighted by atomic mass is 9.95. The standard InChI is InChI=1S/C20H29N5O2/c1-13-5-4-6-15-17(13)23-24-18(15)20(2,3)22-19(26)16-9-21-7-8-25(16)10-14-11-27-12-14/h4-6,14,16,21H,7-12H2,1-3H3,(H,22,26)(H,23,24)/t16-/m0/s1. The van der Waals surface area contributed by atoms with Crippen molar-refractivity contribution in [1.82, 2.24) is 25.7 Å². The van der Waals surface area contributed by atoms with Crippen LogP contribution in [0, 0.1) is 12.8 Å². The zero-order valence-electron chi connectivity index (χ0n) is 16.3. The first-order valence-corrected chi connectivity index (χ1v) is 9.74. The minimum Gasteiger partial charge on any atom is -0.381 e. The number of hydrogen-bond acceptors (Lipinski definition) is 5. The number of aromatic nitrogens is 2. The number of nitrogens with one attached hydrogen (secondary N) is 3. The fraction of sp³-hybridized carbons (Fsp3) is 0.600. The third-order valence-electron chi connectivity index (χ3n) is 5.69. The number of carbonyl (C=O) groups is 1. The van der Waals surface area contributed by atoms with Crippen LogP contribution in [0.25, 0.3) is 10.9 Å². The molecule has 2 aromatic rings. The Morgan fingerprint density at radius 3 is 2.96 bits per heavy atom. The van der Waals surface area contributed by atoms with E-state index in [0.29, 0.717) is 12.5 Å². The molecule has 1 atom stereocenters. The first-order chi connectivity index (χ1) is 13.0. The normalized spacial score (nSPS) is 22.0. The fourth-order valence-electron chi connectivity index (χ4n) is 4.06. The van der Waals surface area contributed by atoms with Gasteiger partial charge >= 0.3 is 0 Å². The summed E-state index contributed by atoms with van der Waals surface area (Å²) in [5, 5.41) is 15.3. The highest BCUT2D eigenvalue weighted by molar-refractivity contribution is 5.87. The van der Waals surface area contributed by atoms with Crippen LogP contribution in [0.3, 0.4) is 0 Å². The van der Waals surface area contributed by atoms with Gasteiger partial charge in [0.05, 0.1) is 30.0 Å². The van der Waals surface area contributed by atoms with E-state index in [0.717, 1.165) is 55.0 Å². The monoisotopic (exact) mass is 371 g/mol. The molecule has 0 spiro atoms. The quantitative estimate of drug-likeness (QED) is 0.734. The van der Waals surface area contributed by atoms with Gasteiger partial charge in [-0.3, -0.25) is 14.8 Å². The molecular formula is C20H29N5O2. The molecule has 0 unspecified atom stereocenters. The zero-order chi connectivity index (χ0) is 19.0. The molecule has 4 rings (SSSR count). The minimum absolute atomic E-state index is 0.0521. The molecule has 146 valence electrons. The molecular weight excluding hydrogens is 342 g/mol. The summed E-state index contributed by atoms with van der Waals surface area (Å²) in [5.41, 5.74) is 2.49. The molecule has 2 fully saturated rings. The van der Waals surface area contributed by atoms with Crippen molar-refractivity contribution < 1.29 is 9.53 Å². The number of ether oxygens (including phenoxy) is 1. The van der Waals surface area contributed by atoms with Gasteiger partial charge in [0.25, 0.3) is 0 Å². The summed E-state index contributed by atoms with van der Waals surface area (Å²) in [7, 11) is 0. The largest absolute Gasteiger partial charge is 0.381 e. The number of amides is 1. The van der Waals surface area contributed by atoms with Gasteiger partial charge in [0.1, 0.15) is 6.04 Å². The van der Waals surface area contributed by atoms with Crippen LogP contribution in [-0.2, 0) is 15.1 Å². The average Bonchev–Trinajstić information content (AvgIpc) is 3.04. The van der Waals surface area contributed by atoms with E-state index in [-0.39, 0.29) is 11.9 Å². The highest BCUT2D eigenvalue weighted by atomic mass is 16.5. The fourth-order valence-corrected chi connectivity index (χ4v) is 4.06. The van der Waals surface area contributed by atoms with E-state index in [2.05, 4.69) is 44.8 Å². The number of benzene rings is 1. The van der Waals surface area contributed by atoms with E-state index in [4.69, 9.17) is 4.74 Å². The van der Waals surface area contributed by atoms with Crippen LogP contribution in [0.4, 0.5) is 0 Å². The molecule has 1 aromatic carbocycles. The van der Waals surface area contributed by atoms with Crippen LogP contribution >= 0.6 is 0 Å². The van der Waals surface area contributed by atoms with E-state index in [1.165, 1.54) is 0 Å². The highest BCUT2D eigenvalue weighted by Gasteiger charge is 2.36. The Hall–Kier alpha value is -1.96. The van der Waals surface area contributed by atoms with Crippen LogP contribution in [0.5, 0.6) is 0 Å². The van der Waals surface area contributed by atoms with Crippen molar-refractivity contribution in [3.8, 4) is 0 Å². The maximum absolute atomic E-state index is 13.1. The number of rotatable bonds is 5. The number of H-pyrrole nitrogens is 1. The Bertz CT molecular complexity index is 827. The number of fused-ring (bicyclic) bond motifs is 1. The van der Waals surface area contributed by atoms with Gasteiger partial charge in [0.15, 0.2) is 0 Å². The summed E-state index contributed by atoms with van der Waals surface area (Å²) in [6.07, 6.45) is 0. The smallest absolute Gasteiger partial charge is 0.239 e. The summed E-state index contributed by atoms with van der Waals surface area (Å²) in [6, 6.07) is 5.99. The molecule has 2 aliphatic heterocycles. The van der Waals surface area contributed by atoms with Crippen molar-refractivity contribution in [2.75, 3.05) is 39.4 Å². The molecule has 7 nitrogen and oxygen atoms in total. The van der Waals surface area contributed by atoms with Gasteiger partial charge in [-0.2, -0.15) is 5.10 Å². The van der Waals surface area contributed by atoms with E-state index >= 15 is 0 Å². The molecule has 0 aliphatic carbocycles. The summed E-state index contributed by atoms with van der Waals surface area (Å²) >= 11 is 0. The molecule has 1 aromatic heterocycles. The predicted octanol–water partition coefficient (Wildman–Crippen LogP) is 1.14. The molecule has 1 amide bonds. The molecule has 3 N–H and O–H groups in total. The first kappa shape index (κ1) is 18.4. The highest BCUT2D eigenvalue weighted by Crippen LogP contribution is 2.28. The topological polar surface area (TPSA) is 82.3 Å². The van der Waals surface area contributed by atoms with Crippen LogP contribution in [0.2, 0.25) is 0 Å². The van der Waals surface area contributed by atoms with E-state index in [1.807, 2.05) is 19.9 Å². The number of aryl methyl sites for hydroxylation is 1. The van der Waals surface area contributed by atoms with Crippen LogP contribution < -0.4 is 10.6 Å². The van der Waals surface area contributed by atoms with Crippen molar-refractivity contribution in [3.63, 3.8) is 0 Å². The van der Waals surface area contributed by atoms with Gasteiger partial charge in [-0.1, -0.05) is 18.2 Å². The Balaban J connectivity index is 1.51. The van der Waals surface area contributed by atoms with Gasteiger partial charge in [0, 0.05) is 37.5 Å². The lowest BCUT2D eigenvalue weighted by Crippen LogP contribution is -2.61. The van der Waals surface area contributed by atoms with Gasteiger partial charge < -0.3 is 15.4 Å². The Morgan fingerprint density at radius 2 is 2.22 bits per heavy atom. The van der Waals surface area contributed by atoms with Crippen molar-refractivity contribution in [1.29, 1.82) is 0 Å². The second-order valence-electron chi connectivity index (χ2n) is 8.30. The third kappa shape index (κ3) is 3.59. The second kappa shape index (κ2) is 7.22. The summed E-state index contributed by atoms with van der Waals surface area (Å²) in [6.45, 7) is 11.1. The van der Waals surface area contributed by atoms with Crippen molar-refractivity contribution in [2.24, 2.45) is 5.92 Å². The lowest BCUT2D eigenvalue weighted by Gasteiger charge is -2.40. The Kier molecular flexibility index (Phi) is 4.92. The number of hydrogen-bond donors (Lipinski definition) is 3.